The third-order valence-corrected chi connectivity index (χ3v) is 19.3. The van der Waals surface area contributed by atoms with Crippen LogP contribution in [0.5, 0.6) is 0 Å². The van der Waals surface area contributed by atoms with E-state index in [2.05, 4.69) is 55.6 Å². The second-order valence-electron chi connectivity index (χ2n) is 28.4. The van der Waals surface area contributed by atoms with Crippen LogP contribution in [-0.2, 0) is 14.3 Å². The van der Waals surface area contributed by atoms with Gasteiger partial charge in [-0.25, -0.2) is 0 Å². The number of hydrogen-bond donors (Lipinski definition) is 3. The van der Waals surface area contributed by atoms with E-state index in [4.69, 9.17) is 4.74 Å². The molecule has 0 rings (SSSR count). The van der Waals surface area contributed by atoms with Gasteiger partial charge in [0.05, 0.1) is 25.4 Å². The van der Waals surface area contributed by atoms with Crippen LogP contribution < -0.4 is 5.32 Å². The molecule has 0 bridgehead atoms. The second kappa shape index (κ2) is 80.3. The molecule has 1 amide bonds. The summed E-state index contributed by atoms with van der Waals surface area (Å²) in [5.41, 5.74) is 0. The zero-order valence-corrected chi connectivity index (χ0v) is 61.6. The third-order valence-electron chi connectivity index (χ3n) is 19.3. The fourth-order valence-corrected chi connectivity index (χ4v) is 13.0. The van der Waals surface area contributed by atoms with Gasteiger partial charge in [-0.3, -0.25) is 9.59 Å². The summed E-state index contributed by atoms with van der Waals surface area (Å²) in [5, 5.41) is 23.3. The molecule has 0 aliphatic rings. The van der Waals surface area contributed by atoms with Crippen molar-refractivity contribution >= 4 is 11.9 Å². The van der Waals surface area contributed by atoms with Crippen molar-refractivity contribution in [2.75, 3.05) is 13.2 Å². The van der Waals surface area contributed by atoms with Gasteiger partial charge in [0.2, 0.25) is 5.91 Å². The fraction of sp³-hybridized carbons (Fsp3) is 0.882. The summed E-state index contributed by atoms with van der Waals surface area (Å²) in [5.74, 6) is -0.0503. The lowest BCUT2D eigenvalue weighted by Crippen LogP contribution is -2.45. The maximum Gasteiger partial charge on any atom is 0.305 e. The monoisotopic (exact) mass is 1280 g/mol. The highest BCUT2D eigenvalue weighted by atomic mass is 16.5. The number of aliphatic hydroxyl groups excluding tert-OH is 2. The van der Waals surface area contributed by atoms with Gasteiger partial charge in [-0.05, 0) is 89.9 Å². The molecule has 3 N–H and O–H groups in total. The molecule has 0 heterocycles. The van der Waals surface area contributed by atoms with Gasteiger partial charge in [-0.15, -0.1) is 0 Å². The molecule has 2 atom stereocenters. The van der Waals surface area contributed by atoms with Crippen molar-refractivity contribution in [1.29, 1.82) is 0 Å². The van der Waals surface area contributed by atoms with Gasteiger partial charge in [-0.2, -0.15) is 0 Å². The number of amides is 1. The first kappa shape index (κ1) is 88.8. The van der Waals surface area contributed by atoms with Gasteiger partial charge in [0.1, 0.15) is 0 Å². The van der Waals surface area contributed by atoms with E-state index in [0.717, 1.165) is 51.4 Å². The number of hydrogen-bond acceptors (Lipinski definition) is 5. The maximum atomic E-state index is 12.6. The average Bonchev–Trinajstić information content (AvgIpc) is 3.65. The predicted molar refractivity (Wildman–Crippen MR) is 402 cm³/mol. The Kier molecular flexibility index (Phi) is 78.3. The van der Waals surface area contributed by atoms with Crippen molar-refractivity contribution in [3.05, 3.63) is 48.6 Å². The number of aliphatic hydroxyl groups is 2. The molecule has 0 spiro atoms. The molecular formula is C85H161NO5. The van der Waals surface area contributed by atoms with Crippen molar-refractivity contribution in [1.82, 2.24) is 5.32 Å². The Morgan fingerprint density at radius 1 is 0.308 bits per heavy atom. The number of rotatable bonds is 78. The number of allylic oxidation sites excluding steroid dienone is 7. The van der Waals surface area contributed by atoms with Gasteiger partial charge in [0.25, 0.3) is 0 Å². The van der Waals surface area contributed by atoms with Gasteiger partial charge in [0.15, 0.2) is 0 Å². The maximum absolute atomic E-state index is 12.6. The zero-order chi connectivity index (χ0) is 65.6. The smallest absolute Gasteiger partial charge is 0.305 e. The first-order valence-corrected chi connectivity index (χ1v) is 41.4. The number of nitrogens with one attached hydrogen (secondary N) is 1. The fourth-order valence-electron chi connectivity index (χ4n) is 13.0. The predicted octanol–water partition coefficient (Wildman–Crippen LogP) is 27.5. The molecular weight excluding hydrogens is 1110 g/mol. The van der Waals surface area contributed by atoms with E-state index in [1.165, 1.54) is 379 Å². The molecule has 6 nitrogen and oxygen atoms in total. The Hall–Kier alpha value is -2.18. The van der Waals surface area contributed by atoms with Crippen molar-refractivity contribution < 1.29 is 24.5 Å². The highest BCUT2D eigenvalue weighted by molar-refractivity contribution is 5.76. The summed E-state index contributed by atoms with van der Waals surface area (Å²) in [6.07, 6.45) is 107. The van der Waals surface area contributed by atoms with Crippen LogP contribution in [0.4, 0.5) is 0 Å². The molecule has 91 heavy (non-hydrogen) atoms. The molecule has 0 aromatic heterocycles. The van der Waals surface area contributed by atoms with Crippen molar-refractivity contribution in [3.8, 4) is 0 Å². The van der Waals surface area contributed by atoms with Crippen molar-refractivity contribution in [3.63, 3.8) is 0 Å². The van der Waals surface area contributed by atoms with Crippen molar-refractivity contribution in [2.45, 2.75) is 469 Å². The quantitative estimate of drug-likeness (QED) is 0.0320. The van der Waals surface area contributed by atoms with Gasteiger partial charge in [-0.1, -0.05) is 403 Å². The van der Waals surface area contributed by atoms with E-state index in [1.807, 2.05) is 6.08 Å². The second-order valence-corrected chi connectivity index (χ2v) is 28.4. The SMILES string of the molecule is CCCCCC/C=C\C/C=C\CCCCCCCCCC(=O)OCCCCCCCCCCCCCC/C=C\CCCCCCCCCCCCCCCCCC(=O)NC(CO)C(O)/C=C/CCCCCCCCCCCCCCCCCCCCCCCCC. The Morgan fingerprint density at radius 3 is 0.857 bits per heavy atom. The van der Waals surface area contributed by atoms with Crippen molar-refractivity contribution in [2.24, 2.45) is 0 Å². The molecule has 0 saturated carbocycles. The van der Waals surface area contributed by atoms with Crippen LogP contribution in [0.1, 0.15) is 457 Å². The number of carbonyl (C=O) groups excluding carboxylic acids is 2. The van der Waals surface area contributed by atoms with Crippen LogP contribution in [0.15, 0.2) is 48.6 Å². The van der Waals surface area contributed by atoms with E-state index < -0.39 is 12.1 Å². The van der Waals surface area contributed by atoms with Crippen LogP contribution in [0.3, 0.4) is 0 Å². The highest BCUT2D eigenvalue weighted by Gasteiger charge is 2.18. The van der Waals surface area contributed by atoms with E-state index >= 15 is 0 Å². The molecule has 0 aromatic rings. The lowest BCUT2D eigenvalue weighted by Gasteiger charge is -2.20. The summed E-state index contributed by atoms with van der Waals surface area (Å²) in [4.78, 5) is 24.7. The molecule has 0 fully saturated rings. The number of unbranched alkanes of at least 4 members (excludes halogenated alkanes) is 61. The summed E-state index contributed by atoms with van der Waals surface area (Å²) in [6.45, 7) is 4.93. The minimum atomic E-state index is -0.845. The molecule has 6 heteroatoms. The first-order valence-electron chi connectivity index (χ1n) is 41.4. The third kappa shape index (κ3) is 76.7. The molecule has 0 aliphatic heterocycles. The number of carbonyl (C=O) groups is 2. The molecule has 0 radical (unpaired) electrons. The van der Waals surface area contributed by atoms with Crippen LogP contribution in [0.2, 0.25) is 0 Å². The molecule has 0 saturated heterocycles. The van der Waals surface area contributed by atoms with Gasteiger partial charge >= 0.3 is 5.97 Å². The van der Waals surface area contributed by atoms with E-state index in [9.17, 15) is 19.8 Å². The molecule has 0 aromatic carbocycles. The number of esters is 1. The Bertz CT molecular complexity index is 1520. The molecule has 2 unspecified atom stereocenters. The summed E-state index contributed by atoms with van der Waals surface area (Å²) < 4.78 is 5.51. The van der Waals surface area contributed by atoms with Crippen LogP contribution in [-0.4, -0.2) is 47.4 Å². The summed E-state index contributed by atoms with van der Waals surface area (Å²) >= 11 is 0. The van der Waals surface area contributed by atoms with E-state index in [0.29, 0.717) is 19.4 Å². The Morgan fingerprint density at radius 2 is 0.549 bits per heavy atom. The first-order chi connectivity index (χ1) is 45.0. The minimum Gasteiger partial charge on any atom is -0.466 e. The van der Waals surface area contributed by atoms with Crippen LogP contribution >= 0.6 is 0 Å². The number of ether oxygens (including phenoxy) is 1. The normalized spacial score (nSPS) is 12.7. The van der Waals surface area contributed by atoms with Gasteiger partial charge in [0, 0.05) is 12.8 Å². The zero-order valence-electron chi connectivity index (χ0n) is 61.6. The summed E-state index contributed by atoms with van der Waals surface area (Å²) in [6, 6.07) is -0.629. The molecule has 0 aliphatic carbocycles. The Labute approximate surface area is 569 Å². The lowest BCUT2D eigenvalue weighted by molar-refractivity contribution is -0.143. The van der Waals surface area contributed by atoms with Gasteiger partial charge < -0.3 is 20.3 Å². The van der Waals surface area contributed by atoms with Crippen LogP contribution in [0, 0.1) is 0 Å². The topological polar surface area (TPSA) is 95.9 Å². The Balaban J connectivity index is 3.39. The highest BCUT2D eigenvalue weighted by Crippen LogP contribution is 2.20. The molecule has 536 valence electrons. The standard InChI is InChI=1S/C85H161NO5/c1-3-5-7-9-11-13-15-17-19-21-23-24-25-33-36-39-42-45-49-53-57-61-65-69-73-77-83(88)82(81-87)86-84(89)78-74-70-66-62-58-54-50-46-43-40-37-34-31-29-27-26-28-30-32-35-38-41-44-48-52-56-60-64-68-72-76-80-91-85(90)79-75-71-67-63-59-55-51-47-22-20-18-16-14-12-10-8-6-4-2/h14,16,20,22,28,30,73,77,82-83,87-88H,3-13,15,17-19,21,23-27,29,31-72,74-76,78-81H2,1-2H3,(H,86,89)/b16-14-,22-20-,30-28-,77-73+. The summed E-state index contributed by atoms with van der Waals surface area (Å²) in [7, 11) is 0. The van der Waals surface area contributed by atoms with E-state index in [1.54, 1.807) is 6.08 Å². The average molecular weight is 1280 g/mol. The largest absolute Gasteiger partial charge is 0.466 e. The minimum absolute atomic E-state index is 0.0107. The van der Waals surface area contributed by atoms with Crippen LogP contribution in [0.25, 0.3) is 0 Å². The van der Waals surface area contributed by atoms with E-state index in [-0.39, 0.29) is 18.5 Å². The lowest BCUT2D eigenvalue weighted by atomic mass is 10.0.